The summed E-state index contributed by atoms with van der Waals surface area (Å²) in [5, 5.41) is 8.90. The fourth-order valence-electron chi connectivity index (χ4n) is 3.55. The van der Waals surface area contributed by atoms with Crippen molar-refractivity contribution in [1.82, 2.24) is 10.9 Å². The molecule has 9 heteroatoms. The molecule has 1 atom stereocenters. The second-order valence-corrected chi connectivity index (χ2v) is 7.74. The molecule has 4 rings (SSSR count). The summed E-state index contributed by atoms with van der Waals surface area (Å²) in [6.45, 7) is 1.12. The van der Waals surface area contributed by atoms with Crippen molar-refractivity contribution in [3.8, 4) is 28.7 Å². The summed E-state index contributed by atoms with van der Waals surface area (Å²) in [7, 11) is 0. The molecular formula is C26H22N4O5. The number of ether oxygens (including phenoxy) is 2. The number of para-hydroxylation sites is 2. The van der Waals surface area contributed by atoms with Crippen LogP contribution in [0, 0.1) is 11.3 Å². The number of carbonyl (C=O) groups is 3. The molecule has 0 aliphatic carbocycles. The lowest BCUT2D eigenvalue weighted by Crippen LogP contribution is -2.54. The molecule has 1 unspecified atom stereocenters. The molecule has 3 aromatic carbocycles. The van der Waals surface area contributed by atoms with Crippen LogP contribution in [0.2, 0.25) is 0 Å². The van der Waals surface area contributed by atoms with E-state index in [9.17, 15) is 14.4 Å². The Morgan fingerprint density at radius 2 is 1.66 bits per heavy atom. The minimum atomic E-state index is -0.982. The summed E-state index contributed by atoms with van der Waals surface area (Å²) >= 11 is 0. The summed E-state index contributed by atoms with van der Waals surface area (Å²) in [6, 6.07) is 23.3. The summed E-state index contributed by atoms with van der Waals surface area (Å²) in [5.41, 5.74) is 7.67. The average Bonchev–Trinajstić information content (AvgIpc) is 2.90. The number of anilines is 1. The fraction of sp³-hybridized carbons (Fsp3) is 0.154. The number of rotatable bonds is 5. The van der Waals surface area contributed by atoms with Gasteiger partial charge in [0.25, 0.3) is 11.8 Å². The van der Waals surface area contributed by atoms with Crippen LogP contribution in [-0.4, -0.2) is 37.0 Å². The van der Waals surface area contributed by atoms with Crippen LogP contribution >= 0.6 is 0 Å². The molecule has 0 fully saturated rings. The van der Waals surface area contributed by atoms with E-state index in [0.29, 0.717) is 22.7 Å². The highest BCUT2D eigenvalue weighted by Crippen LogP contribution is 2.33. The largest absolute Gasteiger partial charge is 0.484 e. The van der Waals surface area contributed by atoms with E-state index in [2.05, 4.69) is 16.9 Å². The van der Waals surface area contributed by atoms with Crippen molar-refractivity contribution in [3.05, 3.63) is 78.4 Å². The minimum absolute atomic E-state index is 0.0239. The summed E-state index contributed by atoms with van der Waals surface area (Å²) in [5.74, 6) is -0.484. The van der Waals surface area contributed by atoms with Gasteiger partial charge >= 0.3 is 0 Å². The van der Waals surface area contributed by atoms with E-state index in [1.165, 1.54) is 11.8 Å². The van der Waals surface area contributed by atoms with Gasteiger partial charge < -0.3 is 14.4 Å². The molecule has 0 bridgehead atoms. The van der Waals surface area contributed by atoms with Gasteiger partial charge in [-0.15, -0.1) is 0 Å². The molecule has 2 N–H and O–H groups in total. The van der Waals surface area contributed by atoms with Crippen molar-refractivity contribution < 1.29 is 23.9 Å². The molecule has 9 nitrogen and oxygen atoms in total. The topological polar surface area (TPSA) is 121 Å². The van der Waals surface area contributed by atoms with Crippen LogP contribution in [0.25, 0.3) is 11.1 Å². The predicted octanol–water partition coefficient (Wildman–Crippen LogP) is 2.57. The standard InChI is InChI=1S/C26H22N4O5/c1-17(31)30-15-24(35-23-5-3-2-4-22(23)30)26(33)29-28-25(32)16-34-21-12-10-20(11-13-21)19-8-6-18(14-27)7-9-19/h2-13,24H,15-16H2,1H3,(H,28,32)(H,29,33). The molecule has 0 saturated heterocycles. The lowest BCUT2D eigenvalue weighted by atomic mass is 10.0. The molecule has 1 aliphatic rings. The first kappa shape index (κ1) is 23.3. The highest BCUT2D eigenvalue weighted by Gasteiger charge is 2.32. The number of nitrogens with one attached hydrogen (secondary N) is 2. The number of carbonyl (C=O) groups excluding carboxylic acids is 3. The molecule has 0 saturated carbocycles. The first-order valence-corrected chi connectivity index (χ1v) is 10.8. The predicted molar refractivity (Wildman–Crippen MR) is 127 cm³/mol. The normalized spacial score (nSPS) is 14.1. The van der Waals surface area contributed by atoms with Gasteiger partial charge in [-0.3, -0.25) is 25.2 Å². The zero-order valence-electron chi connectivity index (χ0n) is 18.9. The highest BCUT2D eigenvalue weighted by atomic mass is 16.5. The number of nitriles is 1. The van der Waals surface area contributed by atoms with E-state index in [0.717, 1.165) is 11.1 Å². The van der Waals surface area contributed by atoms with Gasteiger partial charge in [-0.2, -0.15) is 5.26 Å². The number of hydrogen-bond donors (Lipinski definition) is 2. The van der Waals surface area contributed by atoms with Gasteiger partial charge in [0.15, 0.2) is 12.7 Å². The maximum atomic E-state index is 12.5. The van der Waals surface area contributed by atoms with Crippen LogP contribution in [0.5, 0.6) is 11.5 Å². The maximum Gasteiger partial charge on any atom is 0.281 e. The lowest BCUT2D eigenvalue weighted by molar-refractivity contribution is -0.134. The summed E-state index contributed by atoms with van der Waals surface area (Å²) in [6.07, 6.45) is -0.982. The third kappa shape index (κ3) is 5.57. The van der Waals surface area contributed by atoms with Crippen LogP contribution in [0.15, 0.2) is 72.8 Å². The van der Waals surface area contributed by atoms with E-state index < -0.39 is 17.9 Å². The Morgan fingerprint density at radius 3 is 2.31 bits per heavy atom. The molecule has 0 aromatic heterocycles. The number of hydrazine groups is 1. The minimum Gasteiger partial charge on any atom is -0.484 e. The van der Waals surface area contributed by atoms with Gasteiger partial charge in [0, 0.05) is 6.92 Å². The second kappa shape index (κ2) is 10.4. The van der Waals surface area contributed by atoms with Gasteiger partial charge in [0.05, 0.1) is 23.9 Å². The number of benzene rings is 3. The zero-order valence-corrected chi connectivity index (χ0v) is 18.9. The molecule has 176 valence electrons. The monoisotopic (exact) mass is 470 g/mol. The Balaban J connectivity index is 1.27. The number of amides is 3. The molecule has 1 aliphatic heterocycles. The Morgan fingerprint density at radius 1 is 1.00 bits per heavy atom. The van der Waals surface area contributed by atoms with Crippen molar-refractivity contribution in [2.75, 3.05) is 18.1 Å². The van der Waals surface area contributed by atoms with E-state index in [-0.39, 0.29) is 19.1 Å². The summed E-state index contributed by atoms with van der Waals surface area (Å²) in [4.78, 5) is 38.1. The van der Waals surface area contributed by atoms with E-state index in [1.54, 1.807) is 48.5 Å². The van der Waals surface area contributed by atoms with Crippen molar-refractivity contribution >= 4 is 23.4 Å². The van der Waals surface area contributed by atoms with Gasteiger partial charge in [0.2, 0.25) is 5.91 Å². The SMILES string of the molecule is CC(=O)N1CC(C(=O)NNC(=O)COc2ccc(-c3ccc(C#N)cc3)cc2)Oc2ccccc21. The van der Waals surface area contributed by atoms with Gasteiger partial charge in [-0.05, 0) is 47.5 Å². The highest BCUT2D eigenvalue weighted by molar-refractivity contribution is 5.96. The van der Waals surface area contributed by atoms with Crippen molar-refractivity contribution in [2.45, 2.75) is 13.0 Å². The van der Waals surface area contributed by atoms with Crippen molar-refractivity contribution in [3.63, 3.8) is 0 Å². The van der Waals surface area contributed by atoms with E-state index in [4.69, 9.17) is 14.7 Å². The average molecular weight is 470 g/mol. The van der Waals surface area contributed by atoms with Gasteiger partial charge in [-0.25, -0.2) is 0 Å². The third-order valence-electron chi connectivity index (χ3n) is 5.34. The first-order chi connectivity index (χ1) is 16.9. The van der Waals surface area contributed by atoms with E-state index in [1.807, 2.05) is 24.3 Å². The second-order valence-electron chi connectivity index (χ2n) is 7.74. The van der Waals surface area contributed by atoms with Crippen molar-refractivity contribution in [1.29, 1.82) is 5.26 Å². The van der Waals surface area contributed by atoms with Crippen LogP contribution in [-0.2, 0) is 14.4 Å². The summed E-state index contributed by atoms with van der Waals surface area (Å²) < 4.78 is 11.2. The molecule has 35 heavy (non-hydrogen) atoms. The third-order valence-corrected chi connectivity index (χ3v) is 5.34. The van der Waals surface area contributed by atoms with Crippen molar-refractivity contribution in [2.24, 2.45) is 0 Å². The molecular weight excluding hydrogens is 448 g/mol. The lowest BCUT2D eigenvalue weighted by Gasteiger charge is -2.33. The van der Waals surface area contributed by atoms with E-state index >= 15 is 0 Å². The van der Waals surface area contributed by atoms with Crippen LogP contribution in [0.4, 0.5) is 5.69 Å². The number of fused-ring (bicyclic) bond motifs is 1. The van der Waals surface area contributed by atoms with Gasteiger partial charge in [0.1, 0.15) is 11.5 Å². The van der Waals surface area contributed by atoms with Crippen LogP contribution < -0.4 is 25.2 Å². The first-order valence-electron chi connectivity index (χ1n) is 10.8. The molecule has 3 aromatic rings. The number of hydrogen-bond acceptors (Lipinski definition) is 6. The Bertz CT molecular complexity index is 1280. The molecule has 3 amide bonds. The Labute approximate surface area is 201 Å². The quantitative estimate of drug-likeness (QED) is 0.553. The Kier molecular flexibility index (Phi) is 6.93. The fourth-order valence-corrected chi connectivity index (χ4v) is 3.55. The maximum absolute atomic E-state index is 12.5. The number of nitrogens with zero attached hydrogens (tertiary/aromatic N) is 2. The molecule has 1 heterocycles. The molecule has 0 radical (unpaired) electrons. The van der Waals surface area contributed by atoms with Gasteiger partial charge in [-0.1, -0.05) is 36.4 Å². The van der Waals surface area contributed by atoms with Crippen LogP contribution in [0.1, 0.15) is 12.5 Å². The van der Waals surface area contributed by atoms with Crippen LogP contribution in [0.3, 0.4) is 0 Å². The zero-order chi connectivity index (χ0) is 24.8. The smallest absolute Gasteiger partial charge is 0.281 e. The molecule has 0 spiro atoms. The Hall–Kier alpha value is -4.84.